The molecular weight excluding hydrogens is 214 g/mol. The van der Waals surface area contributed by atoms with E-state index in [4.69, 9.17) is 5.26 Å². The predicted molar refractivity (Wildman–Crippen MR) is 64.4 cm³/mol. The van der Waals surface area contributed by atoms with Gasteiger partial charge in [0.15, 0.2) is 0 Å². The minimum absolute atomic E-state index is 0.167. The predicted octanol–water partition coefficient (Wildman–Crippen LogP) is 1.63. The van der Waals surface area contributed by atoms with Crippen molar-refractivity contribution in [2.24, 2.45) is 7.05 Å². The molecule has 0 fully saturated rings. The number of pyridine rings is 2. The topological polar surface area (TPSA) is 58.7 Å². The summed E-state index contributed by atoms with van der Waals surface area (Å²) >= 11 is 0. The summed E-state index contributed by atoms with van der Waals surface area (Å²) in [6, 6.07) is 5.61. The number of nitriles is 1. The van der Waals surface area contributed by atoms with Crippen LogP contribution in [0.2, 0.25) is 0 Å². The molecule has 84 valence electrons. The summed E-state index contributed by atoms with van der Waals surface area (Å²) in [6.07, 6.45) is 5.04. The zero-order valence-corrected chi connectivity index (χ0v) is 9.64. The van der Waals surface area contributed by atoms with Gasteiger partial charge in [0, 0.05) is 36.8 Å². The van der Waals surface area contributed by atoms with Crippen LogP contribution < -0.4 is 5.56 Å². The van der Waals surface area contributed by atoms with E-state index >= 15 is 0 Å². The molecule has 0 unspecified atom stereocenters. The smallest absolute Gasteiger partial charge is 0.268 e. The van der Waals surface area contributed by atoms with Crippen molar-refractivity contribution in [3.63, 3.8) is 0 Å². The first-order valence-electron chi connectivity index (χ1n) is 5.16. The van der Waals surface area contributed by atoms with E-state index < -0.39 is 0 Å². The monoisotopic (exact) mass is 225 g/mol. The molecule has 0 aliphatic heterocycles. The highest BCUT2D eigenvalue weighted by molar-refractivity contribution is 5.72. The maximum atomic E-state index is 11.9. The number of aryl methyl sites for hydroxylation is 2. The highest BCUT2D eigenvalue weighted by Crippen LogP contribution is 2.23. The van der Waals surface area contributed by atoms with Gasteiger partial charge in [-0.2, -0.15) is 5.26 Å². The molecule has 2 aromatic rings. The number of aromatic nitrogens is 2. The lowest BCUT2D eigenvalue weighted by Gasteiger charge is -2.09. The lowest BCUT2D eigenvalue weighted by atomic mass is 9.99. The Morgan fingerprint density at radius 2 is 2.24 bits per heavy atom. The first kappa shape index (κ1) is 11.1. The van der Waals surface area contributed by atoms with Crippen molar-refractivity contribution in [1.29, 1.82) is 5.26 Å². The third-order valence-electron chi connectivity index (χ3n) is 2.63. The van der Waals surface area contributed by atoms with Crippen LogP contribution in [0.15, 0.2) is 35.5 Å². The molecule has 0 N–H and O–H groups in total. The SMILES string of the molecule is Cc1cn(C)c(=O)c(C#N)c1-c1cccnc1. The number of hydrogen-bond acceptors (Lipinski definition) is 3. The van der Waals surface area contributed by atoms with E-state index in [1.807, 2.05) is 19.1 Å². The average Bonchev–Trinajstić information content (AvgIpc) is 2.34. The van der Waals surface area contributed by atoms with E-state index in [0.29, 0.717) is 5.56 Å². The van der Waals surface area contributed by atoms with Crippen LogP contribution in [-0.2, 0) is 7.05 Å². The molecule has 0 aliphatic carbocycles. The fraction of sp³-hybridized carbons (Fsp3) is 0.154. The highest BCUT2D eigenvalue weighted by atomic mass is 16.1. The van der Waals surface area contributed by atoms with Crippen LogP contribution in [0.3, 0.4) is 0 Å². The first-order chi connectivity index (χ1) is 8.15. The van der Waals surface area contributed by atoms with Crippen LogP contribution in [0.5, 0.6) is 0 Å². The van der Waals surface area contributed by atoms with Crippen LogP contribution in [0.1, 0.15) is 11.1 Å². The maximum Gasteiger partial charge on any atom is 0.268 e. The van der Waals surface area contributed by atoms with E-state index in [9.17, 15) is 4.79 Å². The second-order valence-electron chi connectivity index (χ2n) is 3.83. The lowest BCUT2D eigenvalue weighted by molar-refractivity contribution is 0.848. The Kier molecular flexibility index (Phi) is 2.75. The van der Waals surface area contributed by atoms with Crippen molar-refractivity contribution < 1.29 is 0 Å². The molecule has 0 amide bonds. The minimum atomic E-state index is -0.281. The van der Waals surface area contributed by atoms with Crippen molar-refractivity contribution >= 4 is 0 Å². The summed E-state index contributed by atoms with van der Waals surface area (Å²) in [7, 11) is 1.64. The average molecular weight is 225 g/mol. The second kappa shape index (κ2) is 4.22. The van der Waals surface area contributed by atoms with Crippen LogP contribution in [0.25, 0.3) is 11.1 Å². The molecule has 2 rings (SSSR count). The van der Waals surface area contributed by atoms with Crippen LogP contribution >= 0.6 is 0 Å². The molecule has 0 saturated heterocycles. The van der Waals surface area contributed by atoms with Crippen molar-refractivity contribution in [2.45, 2.75) is 6.92 Å². The van der Waals surface area contributed by atoms with Gasteiger partial charge in [-0.3, -0.25) is 9.78 Å². The maximum absolute atomic E-state index is 11.9. The molecule has 4 nitrogen and oxygen atoms in total. The third-order valence-corrected chi connectivity index (χ3v) is 2.63. The molecular formula is C13H11N3O. The molecule has 0 saturated carbocycles. The number of nitrogens with zero attached hydrogens (tertiary/aromatic N) is 3. The Morgan fingerprint density at radius 1 is 1.47 bits per heavy atom. The molecule has 0 radical (unpaired) electrons. The fourth-order valence-electron chi connectivity index (χ4n) is 1.88. The minimum Gasteiger partial charge on any atom is -0.317 e. The quantitative estimate of drug-likeness (QED) is 0.741. The fourth-order valence-corrected chi connectivity index (χ4v) is 1.88. The number of hydrogen-bond donors (Lipinski definition) is 0. The number of rotatable bonds is 1. The van der Waals surface area contributed by atoms with Gasteiger partial charge >= 0.3 is 0 Å². The molecule has 0 aromatic carbocycles. The van der Waals surface area contributed by atoms with E-state index in [2.05, 4.69) is 4.98 Å². The van der Waals surface area contributed by atoms with Gasteiger partial charge in [0.2, 0.25) is 0 Å². The largest absolute Gasteiger partial charge is 0.317 e. The van der Waals surface area contributed by atoms with E-state index in [-0.39, 0.29) is 11.1 Å². The zero-order valence-electron chi connectivity index (χ0n) is 9.64. The Balaban J connectivity index is 2.84. The van der Waals surface area contributed by atoms with Crippen molar-refractivity contribution in [2.75, 3.05) is 0 Å². The Bertz CT molecular complexity index is 651. The summed E-state index contributed by atoms with van der Waals surface area (Å²) in [4.78, 5) is 15.9. The van der Waals surface area contributed by atoms with Crippen LogP contribution in [-0.4, -0.2) is 9.55 Å². The van der Waals surface area contributed by atoms with Crippen LogP contribution in [0.4, 0.5) is 0 Å². The van der Waals surface area contributed by atoms with E-state index in [1.165, 1.54) is 4.57 Å². The second-order valence-corrected chi connectivity index (χ2v) is 3.83. The Hall–Kier alpha value is -2.41. The van der Waals surface area contributed by atoms with Gasteiger partial charge < -0.3 is 4.57 Å². The van der Waals surface area contributed by atoms with Gasteiger partial charge in [-0.15, -0.1) is 0 Å². The van der Waals surface area contributed by atoms with Gasteiger partial charge in [-0.25, -0.2) is 0 Å². The molecule has 2 heterocycles. The summed E-state index contributed by atoms with van der Waals surface area (Å²) in [5.41, 5.74) is 2.23. The van der Waals surface area contributed by atoms with Crippen LogP contribution in [0, 0.1) is 18.3 Å². The van der Waals surface area contributed by atoms with Gasteiger partial charge in [0.1, 0.15) is 11.6 Å². The van der Waals surface area contributed by atoms with Crippen molar-refractivity contribution in [3.8, 4) is 17.2 Å². The Labute approximate surface area is 98.8 Å². The molecule has 0 bridgehead atoms. The zero-order chi connectivity index (χ0) is 12.4. The van der Waals surface area contributed by atoms with E-state index in [0.717, 1.165) is 11.1 Å². The van der Waals surface area contributed by atoms with Gasteiger partial charge in [-0.1, -0.05) is 6.07 Å². The summed E-state index contributed by atoms with van der Waals surface area (Å²) in [5.74, 6) is 0. The van der Waals surface area contributed by atoms with Gasteiger partial charge in [0.25, 0.3) is 5.56 Å². The molecule has 0 aliphatic rings. The lowest BCUT2D eigenvalue weighted by Crippen LogP contribution is -2.20. The van der Waals surface area contributed by atoms with Crippen molar-refractivity contribution in [1.82, 2.24) is 9.55 Å². The normalized spacial score (nSPS) is 9.94. The van der Waals surface area contributed by atoms with Gasteiger partial charge in [0.05, 0.1) is 0 Å². The first-order valence-corrected chi connectivity index (χ1v) is 5.16. The standard InChI is InChI=1S/C13H11N3O/c1-9-8-16(2)13(17)11(6-14)12(9)10-4-3-5-15-7-10/h3-5,7-8H,1-2H3. The molecule has 0 spiro atoms. The van der Waals surface area contributed by atoms with Gasteiger partial charge in [-0.05, 0) is 18.6 Å². The summed E-state index contributed by atoms with van der Waals surface area (Å²) in [6.45, 7) is 1.88. The third kappa shape index (κ3) is 1.83. The Morgan fingerprint density at radius 3 is 2.82 bits per heavy atom. The van der Waals surface area contributed by atoms with E-state index in [1.54, 1.807) is 31.7 Å². The summed E-state index contributed by atoms with van der Waals surface area (Å²) in [5, 5.41) is 9.13. The molecule has 17 heavy (non-hydrogen) atoms. The highest BCUT2D eigenvalue weighted by Gasteiger charge is 2.13. The molecule has 2 aromatic heterocycles. The summed E-state index contributed by atoms with van der Waals surface area (Å²) < 4.78 is 1.42. The van der Waals surface area contributed by atoms with Crippen molar-refractivity contribution in [3.05, 3.63) is 52.2 Å². The molecule has 0 atom stereocenters. The molecule has 4 heteroatoms.